The molecule has 1 aromatic carbocycles. The normalized spacial score (nSPS) is 10.2. The van der Waals surface area contributed by atoms with Crippen molar-refractivity contribution in [1.82, 2.24) is 9.97 Å². The van der Waals surface area contributed by atoms with Gasteiger partial charge in [-0.05, 0) is 17.7 Å². The van der Waals surface area contributed by atoms with Crippen LogP contribution < -0.4 is 11.5 Å². The van der Waals surface area contributed by atoms with Gasteiger partial charge in [0.05, 0.1) is 0 Å². The molecule has 2 rings (SSSR count). The molecular formula is C10H10N4O2. The summed E-state index contributed by atoms with van der Waals surface area (Å²) >= 11 is 0. The zero-order valence-corrected chi connectivity index (χ0v) is 8.25. The summed E-state index contributed by atoms with van der Waals surface area (Å²) in [4.78, 5) is 7.59. The Morgan fingerprint density at radius 2 is 1.62 bits per heavy atom. The molecule has 0 aliphatic heterocycles. The van der Waals surface area contributed by atoms with Crippen molar-refractivity contribution in [2.45, 2.75) is 0 Å². The molecule has 0 spiro atoms. The van der Waals surface area contributed by atoms with Crippen LogP contribution in [0.5, 0.6) is 11.5 Å². The minimum absolute atomic E-state index is 0.0637. The van der Waals surface area contributed by atoms with Crippen LogP contribution in [0, 0.1) is 0 Å². The summed E-state index contributed by atoms with van der Waals surface area (Å²) < 4.78 is 0. The van der Waals surface area contributed by atoms with E-state index in [0.29, 0.717) is 11.1 Å². The molecule has 16 heavy (non-hydrogen) atoms. The monoisotopic (exact) mass is 218 g/mol. The number of nitrogens with two attached hydrogens (primary N) is 2. The van der Waals surface area contributed by atoms with Crippen LogP contribution in [0.2, 0.25) is 0 Å². The van der Waals surface area contributed by atoms with Crippen molar-refractivity contribution in [3.63, 3.8) is 0 Å². The number of aromatic hydroxyl groups is 2. The molecule has 1 heterocycles. The topological polar surface area (TPSA) is 118 Å². The highest BCUT2D eigenvalue weighted by Gasteiger charge is 2.07. The Labute approximate surface area is 91.2 Å². The summed E-state index contributed by atoms with van der Waals surface area (Å²) in [5, 5.41) is 18.7. The lowest BCUT2D eigenvalue weighted by atomic mass is 10.1. The fourth-order valence-corrected chi connectivity index (χ4v) is 1.38. The van der Waals surface area contributed by atoms with Gasteiger partial charge in [-0.25, -0.2) is 4.98 Å². The summed E-state index contributed by atoms with van der Waals surface area (Å²) in [6.45, 7) is 0. The number of benzene rings is 1. The molecule has 82 valence electrons. The Hall–Kier alpha value is -2.50. The average molecular weight is 218 g/mol. The Balaban J connectivity index is 2.58. The summed E-state index contributed by atoms with van der Waals surface area (Å²) in [6, 6.07) is 4.12. The first-order chi connectivity index (χ1) is 7.56. The highest BCUT2D eigenvalue weighted by atomic mass is 16.3. The number of nitrogen functional groups attached to an aromatic ring is 2. The van der Waals surface area contributed by atoms with Crippen molar-refractivity contribution in [3.8, 4) is 22.6 Å². The predicted octanol–water partition coefficient (Wildman–Crippen LogP) is 0.719. The van der Waals surface area contributed by atoms with E-state index < -0.39 is 0 Å². The van der Waals surface area contributed by atoms with E-state index in [1.807, 2.05) is 0 Å². The van der Waals surface area contributed by atoms with Crippen LogP contribution in [-0.4, -0.2) is 20.2 Å². The molecule has 6 heteroatoms. The van der Waals surface area contributed by atoms with Gasteiger partial charge in [0.1, 0.15) is 17.3 Å². The molecule has 0 saturated carbocycles. The molecule has 6 nitrogen and oxygen atoms in total. The van der Waals surface area contributed by atoms with E-state index in [0.717, 1.165) is 0 Å². The number of anilines is 2. The first kappa shape index (κ1) is 10.0. The van der Waals surface area contributed by atoms with Gasteiger partial charge in [0.15, 0.2) is 0 Å². The second-order valence-electron chi connectivity index (χ2n) is 3.27. The maximum absolute atomic E-state index is 9.33. The summed E-state index contributed by atoms with van der Waals surface area (Å²) in [7, 11) is 0. The van der Waals surface area contributed by atoms with Gasteiger partial charge in [0, 0.05) is 17.8 Å². The SMILES string of the molecule is Nc1ncc(-c2cc(O)cc(O)c2)c(N)n1. The number of rotatable bonds is 1. The number of hydrogen-bond acceptors (Lipinski definition) is 6. The van der Waals surface area contributed by atoms with Gasteiger partial charge in [-0.15, -0.1) is 0 Å². The Bertz CT molecular complexity index is 522. The Morgan fingerprint density at radius 1 is 1.00 bits per heavy atom. The van der Waals surface area contributed by atoms with Gasteiger partial charge in [0.25, 0.3) is 0 Å². The average Bonchev–Trinajstić information content (AvgIpc) is 2.15. The number of phenols is 2. The molecule has 0 aliphatic carbocycles. The lowest BCUT2D eigenvalue weighted by Crippen LogP contribution is -2.00. The van der Waals surface area contributed by atoms with Gasteiger partial charge in [-0.1, -0.05) is 0 Å². The van der Waals surface area contributed by atoms with Gasteiger partial charge in [-0.3, -0.25) is 0 Å². The molecule has 0 unspecified atom stereocenters. The van der Waals surface area contributed by atoms with Gasteiger partial charge in [-0.2, -0.15) is 4.98 Å². The third-order valence-electron chi connectivity index (χ3n) is 2.05. The van der Waals surface area contributed by atoms with Crippen molar-refractivity contribution in [2.75, 3.05) is 11.5 Å². The van der Waals surface area contributed by atoms with Gasteiger partial charge in [0.2, 0.25) is 5.95 Å². The minimum atomic E-state index is -0.0637. The Morgan fingerprint density at radius 3 is 2.19 bits per heavy atom. The highest BCUT2D eigenvalue weighted by Crippen LogP contribution is 2.30. The third-order valence-corrected chi connectivity index (χ3v) is 2.05. The van der Waals surface area contributed by atoms with Crippen LogP contribution in [0.1, 0.15) is 0 Å². The summed E-state index contributed by atoms with van der Waals surface area (Å²) in [5.41, 5.74) is 12.0. The highest BCUT2D eigenvalue weighted by molar-refractivity contribution is 5.75. The first-order valence-electron chi connectivity index (χ1n) is 4.47. The minimum Gasteiger partial charge on any atom is -0.508 e. The summed E-state index contributed by atoms with van der Waals surface area (Å²) in [6.07, 6.45) is 1.44. The predicted molar refractivity (Wildman–Crippen MR) is 59.6 cm³/mol. The van der Waals surface area contributed by atoms with Crippen molar-refractivity contribution in [3.05, 3.63) is 24.4 Å². The fourth-order valence-electron chi connectivity index (χ4n) is 1.38. The Kier molecular flexibility index (Phi) is 2.24. The smallest absolute Gasteiger partial charge is 0.221 e. The maximum atomic E-state index is 9.33. The van der Waals surface area contributed by atoms with Gasteiger partial charge >= 0.3 is 0 Å². The number of phenolic OH excluding ortho intramolecular Hbond substituents is 2. The standard InChI is InChI=1S/C10H10N4O2/c11-9-8(4-13-10(12)14-9)5-1-6(15)3-7(16)2-5/h1-4,15-16H,(H4,11,12,13,14). The second kappa shape index (κ2) is 3.58. The van der Waals surface area contributed by atoms with E-state index in [9.17, 15) is 10.2 Å². The van der Waals surface area contributed by atoms with Crippen LogP contribution in [0.15, 0.2) is 24.4 Å². The largest absolute Gasteiger partial charge is 0.508 e. The molecule has 0 saturated heterocycles. The van der Waals surface area contributed by atoms with Gasteiger partial charge < -0.3 is 21.7 Å². The van der Waals surface area contributed by atoms with Crippen LogP contribution >= 0.6 is 0 Å². The molecule has 0 amide bonds. The zero-order valence-electron chi connectivity index (χ0n) is 8.25. The van der Waals surface area contributed by atoms with Crippen molar-refractivity contribution in [1.29, 1.82) is 0 Å². The van der Waals surface area contributed by atoms with Crippen LogP contribution in [-0.2, 0) is 0 Å². The molecule has 0 fully saturated rings. The van der Waals surface area contributed by atoms with Crippen LogP contribution in [0.4, 0.5) is 11.8 Å². The molecule has 0 bridgehead atoms. The van der Waals surface area contributed by atoms with Crippen LogP contribution in [0.25, 0.3) is 11.1 Å². The number of hydrogen-bond donors (Lipinski definition) is 4. The van der Waals surface area contributed by atoms with E-state index in [1.54, 1.807) is 0 Å². The molecular weight excluding hydrogens is 208 g/mol. The van der Waals surface area contributed by atoms with E-state index in [1.165, 1.54) is 24.4 Å². The lowest BCUT2D eigenvalue weighted by Gasteiger charge is -2.06. The molecule has 0 atom stereocenters. The molecule has 0 radical (unpaired) electrons. The van der Waals surface area contributed by atoms with E-state index >= 15 is 0 Å². The molecule has 6 N–H and O–H groups in total. The lowest BCUT2D eigenvalue weighted by molar-refractivity contribution is 0.451. The fraction of sp³-hybridized carbons (Fsp3) is 0. The quantitative estimate of drug-likeness (QED) is 0.560. The zero-order chi connectivity index (χ0) is 11.7. The maximum Gasteiger partial charge on any atom is 0.221 e. The van der Waals surface area contributed by atoms with E-state index in [-0.39, 0.29) is 23.3 Å². The number of nitrogens with zero attached hydrogens (tertiary/aromatic N) is 2. The third kappa shape index (κ3) is 1.81. The van der Waals surface area contributed by atoms with Crippen LogP contribution in [0.3, 0.4) is 0 Å². The van der Waals surface area contributed by atoms with Crippen molar-refractivity contribution >= 4 is 11.8 Å². The second-order valence-corrected chi connectivity index (χ2v) is 3.27. The molecule has 0 aliphatic rings. The molecule has 1 aromatic heterocycles. The molecule has 2 aromatic rings. The van der Waals surface area contributed by atoms with E-state index in [4.69, 9.17) is 11.5 Å². The van der Waals surface area contributed by atoms with Crippen molar-refractivity contribution in [2.24, 2.45) is 0 Å². The van der Waals surface area contributed by atoms with E-state index in [2.05, 4.69) is 9.97 Å². The number of aromatic nitrogens is 2. The summed E-state index contributed by atoms with van der Waals surface area (Å²) in [5.74, 6) is 0.139. The van der Waals surface area contributed by atoms with Crippen molar-refractivity contribution < 1.29 is 10.2 Å². The first-order valence-corrected chi connectivity index (χ1v) is 4.47.